The number of fused-ring (bicyclic) bond motifs is 1. The molecule has 2 aromatic heterocycles. The number of aryl methyl sites for hydroxylation is 1. The number of anilines is 3. The van der Waals surface area contributed by atoms with Crippen LogP contribution in [0.15, 0.2) is 39.7 Å². The van der Waals surface area contributed by atoms with Crippen molar-refractivity contribution in [2.75, 3.05) is 36.9 Å². The Labute approximate surface area is 240 Å². The van der Waals surface area contributed by atoms with Gasteiger partial charge < -0.3 is 20.6 Å². The number of carbonyl (C=O) groups excluding carboxylic acids is 1. The Bertz CT molecular complexity index is 1510. The van der Waals surface area contributed by atoms with Gasteiger partial charge in [0.25, 0.3) is 11.5 Å². The summed E-state index contributed by atoms with van der Waals surface area (Å²) in [6, 6.07) is 3.57. The van der Waals surface area contributed by atoms with Gasteiger partial charge in [-0.05, 0) is 50.3 Å². The van der Waals surface area contributed by atoms with Crippen molar-refractivity contribution in [2.45, 2.75) is 65.3 Å². The van der Waals surface area contributed by atoms with Gasteiger partial charge >= 0.3 is 0 Å². The standard InChI is InChI=1S/C30H40N8O3/c1-7-20(13-23-19(2)16-30(3,4)27(23)39)28(40)31-21-9-8-10-37(17-21)26-15-24(29(41)36(6)34-26)32-25-14-22-18-35(5)11-12-38(22)33-25/h1,13-15,21,27,39H,8-12,16-18H2,2-6H3,(H,31,40)(H,32,33)/b20-13+/t21-,27-/m1/s1. The number of hydrogen-bond donors (Lipinski definition) is 3. The Kier molecular flexibility index (Phi) is 7.81. The van der Waals surface area contributed by atoms with Crippen molar-refractivity contribution >= 4 is 23.2 Å². The van der Waals surface area contributed by atoms with Gasteiger partial charge in [-0.25, -0.2) is 4.68 Å². The van der Waals surface area contributed by atoms with Crippen LogP contribution in [0.4, 0.5) is 17.3 Å². The minimum atomic E-state index is -0.670. The first-order valence-electron chi connectivity index (χ1n) is 14.2. The Morgan fingerprint density at radius 1 is 1.22 bits per heavy atom. The summed E-state index contributed by atoms with van der Waals surface area (Å²) < 4.78 is 3.30. The molecule has 0 spiro atoms. The van der Waals surface area contributed by atoms with Gasteiger partial charge in [0.2, 0.25) is 0 Å². The highest BCUT2D eigenvalue weighted by atomic mass is 16.3. The fourth-order valence-electron chi connectivity index (χ4n) is 6.07. The lowest BCUT2D eigenvalue weighted by molar-refractivity contribution is -0.117. The number of piperidine rings is 1. The molecular weight excluding hydrogens is 520 g/mol. The van der Waals surface area contributed by atoms with Crippen LogP contribution in [-0.4, -0.2) is 74.3 Å². The minimum absolute atomic E-state index is 0.152. The van der Waals surface area contributed by atoms with Gasteiger partial charge in [0.15, 0.2) is 11.6 Å². The topological polar surface area (TPSA) is 121 Å². The van der Waals surface area contributed by atoms with Crippen LogP contribution in [0.3, 0.4) is 0 Å². The van der Waals surface area contributed by atoms with Crippen LogP contribution in [0, 0.1) is 17.8 Å². The lowest BCUT2D eigenvalue weighted by Crippen LogP contribution is -2.48. The normalized spacial score (nSPS) is 22.9. The van der Waals surface area contributed by atoms with Crippen molar-refractivity contribution in [3.63, 3.8) is 0 Å². The molecule has 1 aliphatic carbocycles. The first-order valence-corrected chi connectivity index (χ1v) is 14.2. The quantitative estimate of drug-likeness (QED) is 0.362. The number of rotatable bonds is 6. The van der Waals surface area contributed by atoms with Gasteiger partial charge in [0.1, 0.15) is 5.69 Å². The number of amides is 1. The van der Waals surface area contributed by atoms with Crippen LogP contribution in [0.5, 0.6) is 0 Å². The second kappa shape index (κ2) is 11.2. The van der Waals surface area contributed by atoms with E-state index < -0.39 is 6.10 Å². The third-order valence-corrected chi connectivity index (χ3v) is 8.33. The highest BCUT2D eigenvalue weighted by molar-refractivity contribution is 5.98. The molecule has 2 aromatic rings. The number of aromatic nitrogens is 4. The average Bonchev–Trinajstić information content (AvgIpc) is 3.40. The number of likely N-dealkylation sites (N-methyl/N-ethyl adjacent to an activating group) is 1. The Morgan fingerprint density at radius 2 is 2.00 bits per heavy atom. The van der Waals surface area contributed by atoms with Crippen LogP contribution < -0.4 is 21.1 Å². The number of aliphatic hydroxyl groups is 1. The fourth-order valence-corrected chi connectivity index (χ4v) is 6.07. The third-order valence-electron chi connectivity index (χ3n) is 8.33. The molecule has 1 amide bonds. The van der Waals surface area contributed by atoms with Crippen LogP contribution in [-0.2, 0) is 24.9 Å². The summed E-state index contributed by atoms with van der Waals surface area (Å²) in [5.41, 5.74) is 2.92. The average molecular weight is 561 g/mol. The van der Waals surface area contributed by atoms with Crippen LogP contribution in [0.2, 0.25) is 0 Å². The fraction of sp³-hybridized carbons (Fsp3) is 0.533. The summed E-state index contributed by atoms with van der Waals surface area (Å²) in [4.78, 5) is 30.4. The monoisotopic (exact) mass is 560 g/mol. The summed E-state index contributed by atoms with van der Waals surface area (Å²) in [7, 11) is 3.71. The van der Waals surface area contributed by atoms with Gasteiger partial charge in [0.05, 0.1) is 23.9 Å². The van der Waals surface area contributed by atoms with Crippen LogP contribution in [0.1, 0.15) is 45.7 Å². The number of nitrogens with one attached hydrogen (secondary N) is 2. The van der Waals surface area contributed by atoms with E-state index in [1.165, 1.54) is 4.68 Å². The maximum Gasteiger partial charge on any atom is 0.290 e. The molecular formula is C30H40N8O3. The molecule has 0 bridgehead atoms. The molecule has 0 radical (unpaired) electrons. The third kappa shape index (κ3) is 5.94. The number of nitrogens with zero attached hydrogens (tertiary/aromatic N) is 6. The number of allylic oxidation sites excluding steroid dienone is 1. The molecule has 0 unspecified atom stereocenters. The maximum atomic E-state index is 13.2. The summed E-state index contributed by atoms with van der Waals surface area (Å²) in [5.74, 6) is 3.45. The van der Waals surface area contributed by atoms with E-state index >= 15 is 0 Å². The zero-order chi connectivity index (χ0) is 29.5. The predicted octanol–water partition coefficient (Wildman–Crippen LogP) is 1.92. The Morgan fingerprint density at radius 3 is 2.71 bits per heavy atom. The molecule has 218 valence electrons. The highest BCUT2D eigenvalue weighted by Crippen LogP contribution is 2.42. The second-order valence-corrected chi connectivity index (χ2v) is 12.2. The number of hydrogen-bond acceptors (Lipinski definition) is 8. The van der Waals surface area contributed by atoms with Crippen molar-refractivity contribution < 1.29 is 9.90 Å². The summed E-state index contributed by atoms with van der Waals surface area (Å²) in [5, 5.41) is 26.2. The van der Waals surface area contributed by atoms with Crippen molar-refractivity contribution in [1.82, 2.24) is 29.8 Å². The van der Waals surface area contributed by atoms with E-state index in [0.29, 0.717) is 23.9 Å². The molecule has 2 atom stereocenters. The molecule has 4 heterocycles. The minimum Gasteiger partial charge on any atom is -0.388 e. The molecule has 11 nitrogen and oxygen atoms in total. The maximum absolute atomic E-state index is 13.2. The lowest BCUT2D eigenvalue weighted by Gasteiger charge is -2.34. The highest BCUT2D eigenvalue weighted by Gasteiger charge is 2.37. The largest absolute Gasteiger partial charge is 0.388 e. The summed E-state index contributed by atoms with van der Waals surface area (Å²) >= 11 is 0. The molecule has 3 aliphatic rings. The molecule has 1 fully saturated rings. The smallest absolute Gasteiger partial charge is 0.290 e. The number of carbonyl (C=O) groups is 1. The molecule has 0 aromatic carbocycles. The summed E-state index contributed by atoms with van der Waals surface area (Å²) in [6.45, 7) is 9.79. The molecule has 1 saturated heterocycles. The molecule has 2 aliphatic heterocycles. The van der Waals surface area contributed by atoms with E-state index in [2.05, 4.69) is 43.6 Å². The molecule has 41 heavy (non-hydrogen) atoms. The zero-order valence-corrected chi connectivity index (χ0v) is 24.6. The van der Waals surface area contributed by atoms with E-state index in [1.54, 1.807) is 19.2 Å². The van der Waals surface area contributed by atoms with E-state index in [0.717, 1.165) is 62.3 Å². The van der Waals surface area contributed by atoms with Crippen molar-refractivity contribution in [3.8, 4) is 12.3 Å². The first kappa shape index (κ1) is 28.6. The van der Waals surface area contributed by atoms with Gasteiger partial charge in [-0.1, -0.05) is 25.3 Å². The van der Waals surface area contributed by atoms with E-state index in [4.69, 9.17) is 6.42 Å². The Balaban J connectivity index is 1.29. The molecule has 5 rings (SSSR count). The van der Waals surface area contributed by atoms with E-state index in [-0.39, 0.29) is 28.5 Å². The van der Waals surface area contributed by atoms with Gasteiger partial charge in [-0.15, -0.1) is 6.42 Å². The second-order valence-electron chi connectivity index (χ2n) is 12.2. The van der Waals surface area contributed by atoms with Gasteiger partial charge in [0, 0.05) is 51.4 Å². The molecule has 11 heteroatoms. The van der Waals surface area contributed by atoms with E-state index in [9.17, 15) is 14.7 Å². The molecule has 3 N–H and O–H groups in total. The van der Waals surface area contributed by atoms with Gasteiger partial charge in [-0.2, -0.15) is 10.2 Å². The van der Waals surface area contributed by atoms with Gasteiger partial charge in [-0.3, -0.25) is 19.2 Å². The predicted molar refractivity (Wildman–Crippen MR) is 159 cm³/mol. The van der Waals surface area contributed by atoms with Crippen molar-refractivity contribution in [3.05, 3.63) is 51.0 Å². The van der Waals surface area contributed by atoms with Crippen molar-refractivity contribution in [2.24, 2.45) is 12.5 Å². The lowest BCUT2D eigenvalue weighted by atomic mass is 9.86. The SMILES string of the molecule is C#C/C(=C\C1=C(C)CC(C)(C)[C@@H]1O)C(=O)N[C@@H]1CCCN(c2cc(Nc3cc4n(n3)CCN(C)C4)c(=O)n(C)n2)C1. The van der Waals surface area contributed by atoms with Crippen LogP contribution >= 0.6 is 0 Å². The number of aliphatic hydroxyl groups excluding tert-OH is 1. The molecule has 0 saturated carbocycles. The van der Waals surface area contributed by atoms with Crippen molar-refractivity contribution in [1.29, 1.82) is 0 Å². The van der Waals surface area contributed by atoms with Crippen LogP contribution in [0.25, 0.3) is 0 Å². The summed E-state index contributed by atoms with van der Waals surface area (Å²) in [6.07, 6.45) is 9.10. The zero-order valence-electron chi connectivity index (χ0n) is 24.6. The number of terminal acetylenes is 1. The first-order chi connectivity index (χ1) is 19.4. The van der Waals surface area contributed by atoms with E-state index in [1.807, 2.05) is 31.5 Å². The Hall–Kier alpha value is -3.88.